The van der Waals surface area contributed by atoms with Crippen LogP contribution in [-0.2, 0) is 14.1 Å². The first-order chi connectivity index (χ1) is 6.18. The number of anilines is 1. The minimum Gasteiger partial charge on any atom is -0.396 e. The predicted molar refractivity (Wildman–Crippen MR) is 49.8 cm³/mol. The van der Waals surface area contributed by atoms with E-state index in [0.29, 0.717) is 5.69 Å². The molecule has 2 aromatic rings. The fraction of sp³-hybridized carbons (Fsp3) is 0.250. The Morgan fingerprint density at radius 1 is 1.38 bits per heavy atom. The summed E-state index contributed by atoms with van der Waals surface area (Å²) in [6, 6.07) is 1.89. The fourth-order valence-electron chi connectivity index (χ4n) is 1.31. The van der Waals surface area contributed by atoms with Gasteiger partial charge in [-0.05, 0) is 6.07 Å². The normalized spacial score (nSPS) is 10.6. The van der Waals surface area contributed by atoms with E-state index in [2.05, 4.69) is 10.2 Å². The van der Waals surface area contributed by atoms with Gasteiger partial charge in [-0.1, -0.05) is 0 Å². The Bertz CT molecular complexity index is 425. The average molecular weight is 177 g/mol. The molecule has 0 bridgehead atoms. The van der Waals surface area contributed by atoms with Crippen LogP contribution in [0.4, 0.5) is 5.69 Å². The molecule has 2 rings (SSSR count). The number of nitrogens with two attached hydrogens (primary N) is 1. The third-order valence-corrected chi connectivity index (χ3v) is 1.92. The zero-order valence-corrected chi connectivity index (χ0v) is 7.60. The average Bonchev–Trinajstić information content (AvgIpc) is 2.58. The Morgan fingerprint density at radius 3 is 2.62 bits per heavy atom. The molecule has 0 saturated carbocycles. The summed E-state index contributed by atoms with van der Waals surface area (Å²) in [6.45, 7) is 0. The van der Waals surface area contributed by atoms with Crippen LogP contribution in [0.5, 0.6) is 0 Å². The van der Waals surface area contributed by atoms with Gasteiger partial charge in [-0.25, -0.2) is 0 Å². The first kappa shape index (κ1) is 7.85. The summed E-state index contributed by atoms with van der Waals surface area (Å²) in [5.41, 5.74) is 8.16. The van der Waals surface area contributed by atoms with Gasteiger partial charge in [0.15, 0.2) is 0 Å². The summed E-state index contributed by atoms with van der Waals surface area (Å²) in [4.78, 5) is 0. The summed E-state index contributed by atoms with van der Waals surface area (Å²) >= 11 is 0. The van der Waals surface area contributed by atoms with Crippen LogP contribution in [0.25, 0.3) is 11.4 Å². The largest absolute Gasteiger partial charge is 0.396 e. The lowest BCUT2D eigenvalue weighted by Gasteiger charge is -1.97. The number of aromatic nitrogens is 4. The predicted octanol–water partition coefficient (Wildman–Crippen LogP) is 0.403. The van der Waals surface area contributed by atoms with Gasteiger partial charge in [0.25, 0.3) is 0 Å². The molecule has 2 heterocycles. The van der Waals surface area contributed by atoms with Crippen LogP contribution in [0, 0.1) is 0 Å². The second-order valence-electron chi connectivity index (χ2n) is 2.95. The van der Waals surface area contributed by atoms with Gasteiger partial charge in [-0.2, -0.15) is 10.2 Å². The van der Waals surface area contributed by atoms with Crippen molar-refractivity contribution in [3.05, 3.63) is 18.5 Å². The fourth-order valence-corrected chi connectivity index (χ4v) is 1.31. The third-order valence-electron chi connectivity index (χ3n) is 1.92. The van der Waals surface area contributed by atoms with Crippen LogP contribution in [-0.4, -0.2) is 19.6 Å². The lowest BCUT2D eigenvalue weighted by Crippen LogP contribution is -1.96. The van der Waals surface area contributed by atoms with Gasteiger partial charge >= 0.3 is 0 Å². The maximum Gasteiger partial charge on any atom is 0.133 e. The number of nitrogen functional groups attached to an aromatic ring is 1. The molecular formula is C8H11N5. The van der Waals surface area contributed by atoms with Gasteiger partial charge in [-0.15, -0.1) is 0 Å². The molecule has 0 aliphatic rings. The van der Waals surface area contributed by atoms with E-state index in [9.17, 15) is 0 Å². The van der Waals surface area contributed by atoms with Crippen LogP contribution in [0.15, 0.2) is 18.5 Å². The first-order valence-electron chi connectivity index (χ1n) is 3.96. The highest BCUT2D eigenvalue weighted by Crippen LogP contribution is 2.21. The zero-order chi connectivity index (χ0) is 9.42. The molecule has 2 N–H and O–H groups in total. The minimum atomic E-state index is 0.672. The van der Waals surface area contributed by atoms with Crippen LogP contribution in [0.2, 0.25) is 0 Å². The van der Waals surface area contributed by atoms with Crippen molar-refractivity contribution in [2.24, 2.45) is 14.1 Å². The van der Waals surface area contributed by atoms with Gasteiger partial charge in [0.1, 0.15) is 5.69 Å². The standard InChI is InChI=1S/C8H11N5/c1-12-5-6(9)8(11-12)7-3-4-10-13(7)2/h3-5H,9H2,1-2H3. The van der Waals surface area contributed by atoms with Gasteiger partial charge in [0, 0.05) is 26.5 Å². The molecule has 2 aromatic heterocycles. The van der Waals surface area contributed by atoms with Crippen molar-refractivity contribution < 1.29 is 0 Å². The van der Waals surface area contributed by atoms with Crippen LogP contribution >= 0.6 is 0 Å². The summed E-state index contributed by atoms with van der Waals surface area (Å²) in [5.74, 6) is 0. The van der Waals surface area contributed by atoms with Crippen molar-refractivity contribution in [1.82, 2.24) is 19.6 Å². The second kappa shape index (κ2) is 2.62. The molecule has 0 spiro atoms. The van der Waals surface area contributed by atoms with Crippen molar-refractivity contribution in [2.45, 2.75) is 0 Å². The van der Waals surface area contributed by atoms with Gasteiger partial charge in [0.2, 0.25) is 0 Å². The molecule has 0 aliphatic carbocycles. The molecule has 5 nitrogen and oxygen atoms in total. The molecule has 13 heavy (non-hydrogen) atoms. The van der Waals surface area contributed by atoms with E-state index in [1.54, 1.807) is 21.8 Å². The van der Waals surface area contributed by atoms with Gasteiger partial charge in [-0.3, -0.25) is 9.36 Å². The molecule has 0 unspecified atom stereocenters. The topological polar surface area (TPSA) is 61.7 Å². The smallest absolute Gasteiger partial charge is 0.133 e. The molecule has 0 saturated heterocycles. The number of hydrogen-bond donors (Lipinski definition) is 1. The Kier molecular flexibility index (Phi) is 1.58. The lowest BCUT2D eigenvalue weighted by molar-refractivity contribution is 0.749. The highest BCUT2D eigenvalue weighted by Gasteiger charge is 2.09. The highest BCUT2D eigenvalue weighted by atomic mass is 15.3. The Labute approximate surface area is 75.8 Å². The monoisotopic (exact) mass is 177 g/mol. The third kappa shape index (κ3) is 1.18. The van der Waals surface area contributed by atoms with Crippen molar-refractivity contribution >= 4 is 5.69 Å². The number of rotatable bonds is 1. The number of aryl methyl sites for hydroxylation is 2. The van der Waals surface area contributed by atoms with Gasteiger partial charge < -0.3 is 5.73 Å². The van der Waals surface area contributed by atoms with E-state index in [1.165, 1.54) is 0 Å². The summed E-state index contributed by atoms with van der Waals surface area (Å²) in [6.07, 6.45) is 3.51. The number of hydrogen-bond acceptors (Lipinski definition) is 3. The summed E-state index contributed by atoms with van der Waals surface area (Å²) in [7, 11) is 3.71. The summed E-state index contributed by atoms with van der Waals surface area (Å²) < 4.78 is 3.44. The highest BCUT2D eigenvalue weighted by molar-refractivity contribution is 5.68. The second-order valence-corrected chi connectivity index (χ2v) is 2.95. The lowest BCUT2D eigenvalue weighted by atomic mass is 10.3. The van der Waals surface area contributed by atoms with Gasteiger partial charge in [0.05, 0.1) is 11.4 Å². The van der Waals surface area contributed by atoms with Crippen molar-refractivity contribution in [1.29, 1.82) is 0 Å². The summed E-state index contributed by atoms with van der Waals surface area (Å²) in [5, 5.41) is 8.30. The molecule has 0 aliphatic heterocycles. The van der Waals surface area contributed by atoms with Crippen molar-refractivity contribution in [3.63, 3.8) is 0 Å². The molecule has 0 radical (unpaired) electrons. The molecule has 0 atom stereocenters. The molecule has 0 fully saturated rings. The Morgan fingerprint density at radius 2 is 2.15 bits per heavy atom. The van der Waals surface area contributed by atoms with Crippen LogP contribution in [0.1, 0.15) is 0 Å². The van der Waals surface area contributed by atoms with Crippen molar-refractivity contribution in [3.8, 4) is 11.4 Å². The maximum absolute atomic E-state index is 5.78. The Balaban J connectivity index is 2.58. The molecular weight excluding hydrogens is 166 g/mol. The van der Waals surface area contributed by atoms with Crippen LogP contribution in [0.3, 0.4) is 0 Å². The van der Waals surface area contributed by atoms with E-state index in [0.717, 1.165) is 11.4 Å². The SMILES string of the molecule is Cn1cc(N)c(-c2ccnn2C)n1. The Hall–Kier alpha value is -1.78. The van der Waals surface area contributed by atoms with Crippen LogP contribution < -0.4 is 5.73 Å². The minimum absolute atomic E-state index is 0.672. The van der Waals surface area contributed by atoms with E-state index in [-0.39, 0.29) is 0 Å². The van der Waals surface area contributed by atoms with E-state index in [4.69, 9.17) is 5.73 Å². The molecule has 68 valence electrons. The zero-order valence-electron chi connectivity index (χ0n) is 7.60. The quantitative estimate of drug-likeness (QED) is 0.686. The van der Waals surface area contributed by atoms with E-state index in [1.807, 2.05) is 20.2 Å². The number of nitrogens with zero attached hydrogens (tertiary/aromatic N) is 4. The van der Waals surface area contributed by atoms with Crippen molar-refractivity contribution in [2.75, 3.05) is 5.73 Å². The molecule has 0 amide bonds. The van der Waals surface area contributed by atoms with E-state index < -0.39 is 0 Å². The first-order valence-corrected chi connectivity index (χ1v) is 3.96. The molecule has 5 heteroatoms. The van der Waals surface area contributed by atoms with E-state index >= 15 is 0 Å². The maximum atomic E-state index is 5.78. The molecule has 0 aromatic carbocycles.